The molecule has 0 bridgehead atoms. The number of hydrogen-bond acceptors (Lipinski definition) is 5. The maximum absolute atomic E-state index is 13.4. The fourth-order valence-electron chi connectivity index (χ4n) is 4.50. The van der Waals surface area contributed by atoms with Crippen molar-refractivity contribution in [3.05, 3.63) is 107 Å². The van der Waals surface area contributed by atoms with E-state index >= 15 is 0 Å². The number of urea groups is 1. The number of benzene rings is 3. The van der Waals surface area contributed by atoms with Gasteiger partial charge in [-0.15, -0.1) is 0 Å². The number of amides is 2. The van der Waals surface area contributed by atoms with Crippen LogP contribution in [0.2, 0.25) is 0 Å². The molecule has 0 fully saturated rings. The third kappa shape index (κ3) is 4.47. The predicted octanol–water partition coefficient (Wildman–Crippen LogP) is 6.06. The van der Waals surface area contributed by atoms with Crippen LogP contribution in [0.5, 0.6) is 5.75 Å². The lowest BCUT2D eigenvalue weighted by atomic mass is 9.94. The average Bonchev–Trinajstić information content (AvgIpc) is 3.37. The minimum atomic E-state index is -0.433. The molecule has 7 nitrogen and oxygen atoms in total. The van der Waals surface area contributed by atoms with Crippen LogP contribution in [0.1, 0.15) is 41.1 Å². The number of nitrogens with one attached hydrogen (secondary N) is 1. The molecule has 1 aliphatic rings. The van der Waals surface area contributed by atoms with Gasteiger partial charge in [-0.2, -0.15) is 4.98 Å². The van der Waals surface area contributed by atoms with Gasteiger partial charge in [-0.1, -0.05) is 76.9 Å². The number of allylic oxidation sites excluding steroid dienone is 1. The SMILES string of the molecule is COc1ccccc1CN1C(=O)NC(c2ccc(C)cc2)C(c2nc(-c3cccc(C)c3)no2)=C1C. The highest BCUT2D eigenvalue weighted by atomic mass is 16.5. The number of rotatable bonds is 6. The van der Waals surface area contributed by atoms with Gasteiger partial charge in [-0.3, -0.25) is 4.90 Å². The number of carbonyl (C=O) groups is 1. The minimum absolute atomic E-state index is 0.203. The second-order valence-corrected chi connectivity index (χ2v) is 8.98. The van der Waals surface area contributed by atoms with Gasteiger partial charge in [0.25, 0.3) is 5.89 Å². The second kappa shape index (κ2) is 9.70. The zero-order valence-corrected chi connectivity index (χ0v) is 20.8. The van der Waals surface area contributed by atoms with E-state index in [1.807, 2.05) is 93.6 Å². The topological polar surface area (TPSA) is 80.5 Å². The number of carbonyl (C=O) groups excluding carboxylic acids is 1. The summed E-state index contributed by atoms with van der Waals surface area (Å²) in [6.45, 7) is 6.31. The molecule has 1 atom stereocenters. The van der Waals surface area contributed by atoms with E-state index in [0.717, 1.165) is 44.8 Å². The molecule has 182 valence electrons. The highest BCUT2D eigenvalue weighted by Gasteiger charge is 2.36. The standard InChI is InChI=1S/C29H28N4O3/c1-18-12-14-21(15-13-18)26-25(28-31-27(32-36-28)22-10-7-8-19(2)16-22)20(3)33(29(34)30-26)17-23-9-5-6-11-24(23)35-4/h5-16,26H,17H2,1-4H3,(H,30,34). The molecule has 5 rings (SSSR count). The molecule has 1 aromatic heterocycles. The predicted molar refractivity (Wildman–Crippen MR) is 138 cm³/mol. The van der Waals surface area contributed by atoms with E-state index < -0.39 is 6.04 Å². The zero-order valence-electron chi connectivity index (χ0n) is 20.8. The van der Waals surface area contributed by atoms with Gasteiger partial charge in [-0.05, 0) is 38.5 Å². The molecular formula is C29H28N4O3. The normalized spacial score (nSPS) is 15.7. The van der Waals surface area contributed by atoms with Gasteiger partial charge in [0.2, 0.25) is 5.82 Å². The first-order chi connectivity index (χ1) is 17.4. The van der Waals surface area contributed by atoms with Crippen LogP contribution in [0.4, 0.5) is 4.79 Å². The van der Waals surface area contributed by atoms with Crippen molar-refractivity contribution in [3.63, 3.8) is 0 Å². The van der Waals surface area contributed by atoms with Crippen LogP contribution in [0, 0.1) is 13.8 Å². The van der Waals surface area contributed by atoms with Gasteiger partial charge in [0.1, 0.15) is 5.75 Å². The monoisotopic (exact) mass is 480 g/mol. The third-order valence-electron chi connectivity index (χ3n) is 6.46. The van der Waals surface area contributed by atoms with Crippen LogP contribution in [0.3, 0.4) is 0 Å². The summed E-state index contributed by atoms with van der Waals surface area (Å²) in [5.74, 6) is 1.60. The van der Waals surface area contributed by atoms with Crippen molar-refractivity contribution >= 4 is 11.6 Å². The zero-order chi connectivity index (χ0) is 25.2. The summed E-state index contributed by atoms with van der Waals surface area (Å²) in [6.07, 6.45) is 0. The summed E-state index contributed by atoms with van der Waals surface area (Å²) in [4.78, 5) is 19.8. The summed E-state index contributed by atoms with van der Waals surface area (Å²) in [7, 11) is 1.63. The number of hydrogen-bond donors (Lipinski definition) is 1. The van der Waals surface area contributed by atoms with Crippen LogP contribution in [-0.2, 0) is 6.54 Å². The Bertz CT molecular complexity index is 1440. The maximum atomic E-state index is 13.4. The molecule has 2 amide bonds. The van der Waals surface area contributed by atoms with E-state index in [0.29, 0.717) is 18.3 Å². The molecule has 0 radical (unpaired) electrons. The Labute approximate surface area is 210 Å². The van der Waals surface area contributed by atoms with Crippen LogP contribution in [0.25, 0.3) is 17.0 Å². The fourth-order valence-corrected chi connectivity index (χ4v) is 4.50. The summed E-state index contributed by atoms with van der Waals surface area (Å²) in [5.41, 5.74) is 6.47. The van der Waals surface area contributed by atoms with E-state index in [9.17, 15) is 4.79 Å². The minimum Gasteiger partial charge on any atom is -0.496 e. The largest absolute Gasteiger partial charge is 0.496 e. The quantitative estimate of drug-likeness (QED) is 0.363. The first-order valence-corrected chi connectivity index (χ1v) is 11.8. The Morgan fingerprint density at radius 1 is 0.972 bits per heavy atom. The Morgan fingerprint density at radius 2 is 1.75 bits per heavy atom. The summed E-state index contributed by atoms with van der Waals surface area (Å²) in [6, 6.07) is 23.1. The molecule has 7 heteroatoms. The van der Waals surface area contributed by atoms with Crippen LogP contribution < -0.4 is 10.1 Å². The van der Waals surface area contributed by atoms with E-state index in [1.54, 1.807) is 12.0 Å². The van der Waals surface area contributed by atoms with Crippen molar-refractivity contribution < 1.29 is 14.1 Å². The Balaban J connectivity index is 1.61. The van der Waals surface area contributed by atoms with E-state index in [1.165, 1.54) is 0 Å². The number of methoxy groups -OCH3 is 1. The van der Waals surface area contributed by atoms with Gasteiger partial charge in [0.15, 0.2) is 0 Å². The van der Waals surface area contributed by atoms with Gasteiger partial charge in [0, 0.05) is 16.8 Å². The number of nitrogens with zero attached hydrogens (tertiary/aromatic N) is 3. The van der Waals surface area contributed by atoms with Crippen LogP contribution in [-0.4, -0.2) is 28.2 Å². The van der Waals surface area contributed by atoms with Crippen LogP contribution >= 0.6 is 0 Å². The summed E-state index contributed by atoms with van der Waals surface area (Å²) in [5, 5.41) is 7.42. The maximum Gasteiger partial charge on any atom is 0.322 e. The van der Waals surface area contributed by atoms with E-state index in [4.69, 9.17) is 14.2 Å². The van der Waals surface area contributed by atoms with E-state index in [2.05, 4.69) is 10.5 Å². The lowest BCUT2D eigenvalue weighted by Gasteiger charge is -2.35. The van der Waals surface area contributed by atoms with Crippen molar-refractivity contribution in [2.45, 2.75) is 33.4 Å². The smallest absolute Gasteiger partial charge is 0.322 e. The Morgan fingerprint density at radius 3 is 2.50 bits per heavy atom. The fraction of sp³-hybridized carbons (Fsp3) is 0.207. The van der Waals surface area contributed by atoms with Crippen molar-refractivity contribution in [1.29, 1.82) is 0 Å². The van der Waals surface area contributed by atoms with E-state index in [-0.39, 0.29) is 6.03 Å². The summed E-state index contributed by atoms with van der Waals surface area (Å²) < 4.78 is 11.3. The highest BCUT2D eigenvalue weighted by Crippen LogP contribution is 2.38. The molecule has 3 aromatic carbocycles. The van der Waals surface area contributed by atoms with Gasteiger partial charge in [-0.25, -0.2) is 4.79 Å². The van der Waals surface area contributed by atoms with Crippen molar-refractivity contribution in [1.82, 2.24) is 20.4 Å². The van der Waals surface area contributed by atoms with Crippen molar-refractivity contribution in [3.8, 4) is 17.1 Å². The molecule has 36 heavy (non-hydrogen) atoms. The molecule has 0 aliphatic carbocycles. The molecule has 1 unspecified atom stereocenters. The number of ether oxygens (including phenoxy) is 1. The number of aryl methyl sites for hydroxylation is 2. The average molecular weight is 481 g/mol. The summed E-state index contributed by atoms with van der Waals surface area (Å²) >= 11 is 0. The molecule has 0 saturated carbocycles. The Hall–Kier alpha value is -4.39. The van der Waals surface area contributed by atoms with Crippen molar-refractivity contribution in [2.75, 3.05) is 7.11 Å². The third-order valence-corrected chi connectivity index (χ3v) is 6.46. The molecule has 2 heterocycles. The highest BCUT2D eigenvalue weighted by molar-refractivity contribution is 5.87. The van der Waals surface area contributed by atoms with Gasteiger partial charge < -0.3 is 14.6 Å². The number of aromatic nitrogens is 2. The first-order valence-electron chi connectivity index (χ1n) is 11.8. The lowest BCUT2D eigenvalue weighted by molar-refractivity contribution is 0.202. The van der Waals surface area contributed by atoms with Crippen molar-refractivity contribution in [2.24, 2.45) is 0 Å². The molecule has 1 N–H and O–H groups in total. The molecule has 1 aliphatic heterocycles. The lowest BCUT2D eigenvalue weighted by Crippen LogP contribution is -2.45. The van der Waals surface area contributed by atoms with Gasteiger partial charge >= 0.3 is 6.03 Å². The molecule has 4 aromatic rings. The number of para-hydroxylation sites is 1. The van der Waals surface area contributed by atoms with Gasteiger partial charge in [0.05, 0.1) is 25.3 Å². The second-order valence-electron chi connectivity index (χ2n) is 8.98. The Kier molecular flexibility index (Phi) is 6.29. The molecular weight excluding hydrogens is 452 g/mol. The van der Waals surface area contributed by atoms with Crippen LogP contribution in [0.15, 0.2) is 83.0 Å². The molecule has 0 spiro atoms. The molecule has 0 saturated heterocycles. The first kappa shape index (κ1) is 23.4.